The Morgan fingerprint density at radius 1 is 0.469 bits per heavy atom. The van der Waals surface area contributed by atoms with Crippen molar-refractivity contribution in [1.82, 2.24) is 0 Å². The lowest BCUT2D eigenvalue weighted by atomic mass is 9.74. The molecule has 0 saturated carbocycles. The van der Waals surface area contributed by atoms with Crippen LogP contribution in [0.5, 0.6) is 0 Å². The lowest BCUT2D eigenvalue weighted by Crippen LogP contribution is -2.19. The highest BCUT2D eigenvalue weighted by Crippen LogP contribution is 2.53. The van der Waals surface area contributed by atoms with Gasteiger partial charge in [-0.15, -0.1) is 0 Å². The van der Waals surface area contributed by atoms with Crippen molar-refractivity contribution in [3.8, 4) is 0 Å². The third-order valence-corrected chi connectivity index (χ3v) is 10.6. The molecule has 0 radical (unpaired) electrons. The Bertz CT molecular complexity index is 846. The Morgan fingerprint density at radius 3 is 1.09 bits per heavy atom. The van der Waals surface area contributed by atoms with Gasteiger partial charge in [-0.05, 0) is 113 Å². The number of hydrogen-bond donors (Lipinski definition) is 0. The zero-order valence-corrected chi connectivity index (χ0v) is 23.4. The molecule has 1 heterocycles. The maximum Gasteiger partial charge on any atom is -0.00105 e. The average Bonchev–Trinajstić information content (AvgIpc) is 3.03. The van der Waals surface area contributed by atoms with Gasteiger partial charge in [-0.3, -0.25) is 0 Å². The topological polar surface area (TPSA) is 0 Å². The molecular formula is C30H46ClP. The number of rotatable bonds is 12. The maximum atomic E-state index is 7.23. The van der Waals surface area contributed by atoms with Gasteiger partial charge in [-0.2, -0.15) is 0 Å². The van der Waals surface area contributed by atoms with Gasteiger partial charge in [0.05, 0.1) is 0 Å². The lowest BCUT2D eigenvalue weighted by molar-refractivity contribution is 0.770. The van der Waals surface area contributed by atoms with Gasteiger partial charge >= 0.3 is 0 Å². The van der Waals surface area contributed by atoms with Gasteiger partial charge in [0, 0.05) is 0 Å². The summed E-state index contributed by atoms with van der Waals surface area (Å²) < 4.78 is 0. The van der Waals surface area contributed by atoms with E-state index in [0.29, 0.717) is 0 Å². The van der Waals surface area contributed by atoms with Crippen LogP contribution in [-0.2, 0) is 51.4 Å². The molecule has 0 N–H and O–H groups in total. The second-order valence-corrected chi connectivity index (χ2v) is 12.5. The summed E-state index contributed by atoms with van der Waals surface area (Å²) >= 11 is 7.23. The number of fused-ring (bicyclic) bond motifs is 2. The number of halogens is 1. The minimum absolute atomic E-state index is 0.589. The van der Waals surface area contributed by atoms with Crippen molar-refractivity contribution in [2.45, 2.75) is 131 Å². The standard InChI is InChI=1S/C30H46ClP/c1-7-13-21-22(14-8-2)24(16-10-4)26-20-28-27(19-25(26)23(21)15-9-3)29(17-11-5)32(31)30(28)18-12-6/h7-20H2,1-6H3. The minimum Gasteiger partial charge on any atom is -0.0651 e. The first-order valence-electron chi connectivity index (χ1n) is 13.6. The van der Waals surface area contributed by atoms with Crippen LogP contribution < -0.4 is 0 Å². The summed E-state index contributed by atoms with van der Waals surface area (Å²) in [6.45, 7) is 13.5. The van der Waals surface area contributed by atoms with Gasteiger partial charge in [0.2, 0.25) is 0 Å². The molecule has 0 unspecified atom stereocenters. The monoisotopic (exact) mass is 472 g/mol. The smallest absolute Gasteiger partial charge is 0.00105 e. The molecule has 0 saturated heterocycles. The fraction of sp³-hybridized carbons (Fsp3) is 0.667. The Balaban J connectivity index is 2.30. The molecule has 0 fully saturated rings. The van der Waals surface area contributed by atoms with Crippen molar-refractivity contribution in [3.05, 3.63) is 55.1 Å². The van der Waals surface area contributed by atoms with Crippen molar-refractivity contribution >= 4 is 18.1 Å². The molecule has 0 bridgehead atoms. The second kappa shape index (κ2) is 12.1. The molecule has 0 aliphatic heterocycles. The van der Waals surface area contributed by atoms with E-state index in [1.54, 1.807) is 55.1 Å². The van der Waals surface area contributed by atoms with Gasteiger partial charge in [-0.1, -0.05) is 91.3 Å². The molecule has 0 nitrogen and oxygen atoms in total. The van der Waals surface area contributed by atoms with Gasteiger partial charge in [0.25, 0.3) is 0 Å². The third-order valence-electron chi connectivity index (χ3n) is 7.40. The maximum absolute atomic E-state index is 7.23. The van der Waals surface area contributed by atoms with Gasteiger partial charge in [0.1, 0.15) is 0 Å². The molecule has 32 heavy (non-hydrogen) atoms. The fourth-order valence-electron chi connectivity index (χ4n) is 6.22. The van der Waals surface area contributed by atoms with E-state index in [-0.39, 0.29) is 0 Å². The first kappa shape index (κ1) is 25.9. The van der Waals surface area contributed by atoms with Crippen molar-refractivity contribution in [2.75, 3.05) is 0 Å². The van der Waals surface area contributed by atoms with Crippen molar-refractivity contribution < 1.29 is 0 Å². The largest absolute Gasteiger partial charge is 0.0651 e. The second-order valence-electron chi connectivity index (χ2n) is 9.86. The number of hydrogen-bond acceptors (Lipinski definition) is 0. The molecule has 178 valence electrons. The summed E-state index contributed by atoms with van der Waals surface area (Å²) in [6, 6.07) is 0. The molecule has 2 aromatic rings. The zero-order valence-electron chi connectivity index (χ0n) is 21.7. The first-order chi connectivity index (χ1) is 15.6. The highest BCUT2D eigenvalue weighted by Gasteiger charge is 2.31. The normalized spacial score (nSPS) is 12.8. The fourth-order valence-corrected chi connectivity index (χ4v) is 9.40. The first-order valence-corrected chi connectivity index (χ1v) is 15.9. The summed E-state index contributed by atoms with van der Waals surface area (Å²) in [5, 5.41) is 3.25. The zero-order chi connectivity index (χ0) is 23.3. The number of benzene rings is 1. The van der Waals surface area contributed by atoms with E-state index >= 15 is 0 Å². The molecule has 1 aromatic carbocycles. The van der Waals surface area contributed by atoms with Gasteiger partial charge in [-0.25, -0.2) is 0 Å². The third kappa shape index (κ3) is 4.88. The van der Waals surface area contributed by atoms with Crippen LogP contribution in [0.4, 0.5) is 0 Å². The van der Waals surface area contributed by atoms with Crippen molar-refractivity contribution in [2.24, 2.45) is 0 Å². The van der Waals surface area contributed by atoms with E-state index in [2.05, 4.69) is 41.5 Å². The van der Waals surface area contributed by atoms with Gasteiger partial charge < -0.3 is 0 Å². The van der Waals surface area contributed by atoms with Crippen LogP contribution in [0.15, 0.2) is 0 Å². The van der Waals surface area contributed by atoms with Crippen LogP contribution in [-0.4, -0.2) is 0 Å². The lowest BCUT2D eigenvalue weighted by Gasteiger charge is -2.30. The SMILES string of the molecule is CCCc1c(CCC)c(CCC)c2c(c1CCC)Cc1c(c(CCC)p(Cl)c1CCC)C2. The van der Waals surface area contributed by atoms with E-state index in [1.165, 1.54) is 77.0 Å². The van der Waals surface area contributed by atoms with Crippen LogP contribution in [0.1, 0.15) is 135 Å². The highest BCUT2D eigenvalue weighted by molar-refractivity contribution is 7.78. The Morgan fingerprint density at radius 2 is 0.781 bits per heavy atom. The summed E-state index contributed by atoms with van der Waals surface area (Å²) in [6.07, 6.45) is 17.1. The Labute approximate surface area is 204 Å². The molecule has 2 heteroatoms. The van der Waals surface area contributed by atoms with Crippen molar-refractivity contribution in [1.29, 1.82) is 0 Å². The Hall–Kier alpha value is -0.710. The molecule has 1 aliphatic carbocycles. The van der Waals surface area contributed by atoms with E-state index in [0.717, 1.165) is 12.8 Å². The minimum atomic E-state index is -0.589. The molecule has 0 spiro atoms. The van der Waals surface area contributed by atoms with E-state index in [9.17, 15) is 0 Å². The molecule has 0 amide bonds. The summed E-state index contributed by atoms with van der Waals surface area (Å²) in [5.74, 6) is 0. The van der Waals surface area contributed by atoms with Crippen LogP contribution in [0, 0.1) is 0 Å². The summed E-state index contributed by atoms with van der Waals surface area (Å²) in [4.78, 5) is 0. The Kier molecular flexibility index (Phi) is 9.82. The van der Waals surface area contributed by atoms with Gasteiger partial charge in [0.15, 0.2) is 0 Å². The molecule has 1 aliphatic rings. The molecule has 0 atom stereocenters. The van der Waals surface area contributed by atoms with Crippen LogP contribution >= 0.6 is 18.1 Å². The molecule has 3 rings (SSSR count). The van der Waals surface area contributed by atoms with E-state index in [1.807, 2.05) is 0 Å². The van der Waals surface area contributed by atoms with E-state index in [4.69, 9.17) is 11.2 Å². The molecular weight excluding hydrogens is 427 g/mol. The quantitative estimate of drug-likeness (QED) is 0.246. The summed E-state index contributed by atoms with van der Waals surface area (Å²) in [5.41, 5.74) is 13.7. The highest BCUT2D eigenvalue weighted by atomic mass is 35.7. The van der Waals surface area contributed by atoms with Crippen molar-refractivity contribution in [3.63, 3.8) is 0 Å². The average molecular weight is 473 g/mol. The predicted octanol–water partition coefficient (Wildman–Crippen LogP) is 9.89. The predicted molar refractivity (Wildman–Crippen MR) is 146 cm³/mol. The van der Waals surface area contributed by atoms with E-state index < -0.39 is 6.89 Å². The van der Waals surface area contributed by atoms with Crippen LogP contribution in [0.25, 0.3) is 0 Å². The van der Waals surface area contributed by atoms with Crippen LogP contribution in [0.3, 0.4) is 0 Å². The summed E-state index contributed by atoms with van der Waals surface area (Å²) in [7, 11) is 0. The van der Waals surface area contributed by atoms with Crippen LogP contribution in [0.2, 0.25) is 0 Å². The molecule has 1 aromatic heterocycles.